The van der Waals surface area contributed by atoms with E-state index in [1.54, 1.807) is 0 Å². The highest BCUT2D eigenvalue weighted by molar-refractivity contribution is 7.92. The number of rotatable bonds is 10. The molecule has 0 aliphatic heterocycles. The fourth-order valence-corrected chi connectivity index (χ4v) is 3.57. The number of aryl methyl sites for hydroxylation is 1. The number of ether oxygens (including phenoxy) is 1. The monoisotopic (exact) mass is 421 g/mol. The van der Waals surface area contributed by atoms with Crippen molar-refractivity contribution in [2.45, 2.75) is 12.8 Å². The lowest BCUT2D eigenvalue weighted by atomic mass is 10.1. The van der Waals surface area contributed by atoms with Crippen molar-refractivity contribution in [3.63, 3.8) is 0 Å². The van der Waals surface area contributed by atoms with Crippen LogP contribution in [0, 0.1) is 10.1 Å². The van der Waals surface area contributed by atoms with Crippen molar-refractivity contribution in [1.29, 1.82) is 0 Å². The van der Waals surface area contributed by atoms with Crippen LogP contribution >= 0.6 is 0 Å². The Balaban J connectivity index is 2.08. The van der Waals surface area contributed by atoms with Crippen LogP contribution in [0.25, 0.3) is 0 Å². The molecule has 0 aliphatic rings. The molecule has 10 heteroatoms. The summed E-state index contributed by atoms with van der Waals surface area (Å²) in [5.41, 5.74) is 0.766. The van der Waals surface area contributed by atoms with Crippen LogP contribution < -0.4 is 14.4 Å². The number of hydrogen-bond acceptors (Lipinski definition) is 6. The number of hydrogen-bond donors (Lipinski definition) is 1. The van der Waals surface area contributed by atoms with Crippen LogP contribution in [-0.2, 0) is 21.2 Å². The van der Waals surface area contributed by atoms with Gasteiger partial charge >= 0.3 is 0 Å². The summed E-state index contributed by atoms with van der Waals surface area (Å²) in [4.78, 5) is 22.7. The SMILES string of the molecule is COc1ccc([N+](=O)[O-])cc1N(CC(=O)NCCCc1ccccc1)S(C)(=O)=O. The van der Waals surface area contributed by atoms with Gasteiger partial charge in [-0.05, 0) is 24.5 Å². The summed E-state index contributed by atoms with van der Waals surface area (Å²) < 4.78 is 30.4. The molecule has 1 amide bonds. The number of methoxy groups -OCH3 is 1. The molecular formula is C19H23N3O6S. The van der Waals surface area contributed by atoms with Gasteiger partial charge in [-0.2, -0.15) is 0 Å². The van der Waals surface area contributed by atoms with E-state index in [-0.39, 0.29) is 17.1 Å². The average molecular weight is 421 g/mol. The van der Waals surface area contributed by atoms with Crippen molar-refractivity contribution in [1.82, 2.24) is 5.32 Å². The molecule has 0 atom stereocenters. The number of sulfonamides is 1. The third-order valence-corrected chi connectivity index (χ3v) is 5.26. The Morgan fingerprint density at radius 2 is 1.90 bits per heavy atom. The minimum Gasteiger partial charge on any atom is -0.495 e. The summed E-state index contributed by atoms with van der Waals surface area (Å²) in [6, 6.07) is 13.3. The lowest BCUT2D eigenvalue weighted by Gasteiger charge is -2.23. The number of anilines is 1. The molecule has 0 radical (unpaired) electrons. The number of nitro groups is 1. The van der Waals surface area contributed by atoms with Gasteiger partial charge in [0.05, 0.1) is 18.3 Å². The molecule has 9 nitrogen and oxygen atoms in total. The van der Waals surface area contributed by atoms with Gasteiger partial charge in [0.25, 0.3) is 5.69 Å². The Hall–Kier alpha value is -3.14. The van der Waals surface area contributed by atoms with Gasteiger partial charge in [-0.1, -0.05) is 30.3 Å². The lowest BCUT2D eigenvalue weighted by Crippen LogP contribution is -2.40. The van der Waals surface area contributed by atoms with Crippen molar-refractivity contribution in [2.75, 3.05) is 30.8 Å². The molecule has 2 rings (SSSR count). The molecule has 0 spiro atoms. The normalized spacial score (nSPS) is 11.0. The van der Waals surface area contributed by atoms with Crippen molar-refractivity contribution in [2.24, 2.45) is 0 Å². The van der Waals surface area contributed by atoms with Crippen molar-refractivity contribution in [3.05, 3.63) is 64.2 Å². The summed E-state index contributed by atoms with van der Waals surface area (Å²) in [7, 11) is -2.58. The maximum Gasteiger partial charge on any atom is 0.271 e. The standard InChI is InChI=1S/C19H23N3O6S/c1-28-18-11-10-16(22(24)25)13-17(18)21(29(2,26)27)14-19(23)20-12-6-9-15-7-4-3-5-8-15/h3-5,7-8,10-11,13H,6,9,12,14H2,1-2H3,(H,20,23). The maximum absolute atomic E-state index is 12.3. The largest absolute Gasteiger partial charge is 0.495 e. The Kier molecular flexibility index (Phi) is 7.54. The van der Waals surface area contributed by atoms with Crippen LogP contribution in [0.4, 0.5) is 11.4 Å². The fourth-order valence-electron chi connectivity index (χ4n) is 2.72. The Morgan fingerprint density at radius 1 is 1.21 bits per heavy atom. The molecular weight excluding hydrogens is 398 g/mol. The molecule has 0 aromatic heterocycles. The highest BCUT2D eigenvalue weighted by atomic mass is 32.2. The van der Waals surface area contributed by atoms with Crippen LogP contribution in [0.3, 0.4) is 0 Å². The third kappa shape index (κ3) is 6.46. The molecule has 2 aromatic rings. The highest BCUT2D eigenvalue weighted by Gasteiger charge is 2.26. The number of benzene rings is 2. The Bertz CT molecular complexity index is 963. The van der Waals surface area contributed by atoms with Gasteiger partial charge in [0.15, 0.2) is 0 Å². The van der Waals surface area contributed by atoms with E-state index in [1.165, 1.54) is 19.2 Å². The summed E-state index contributed by atoms with van der Waals surface area (Å²) in [5, 5.41) is 13.7. The zero-order valence-electron chi connectivity index (χ0n) is 16.2. The Labute approximate surface area is 169 Å². The second kappa shape index (κ2) is 9.87. The molecule has 0 saturated carbocycles. The molecule has 0 bridgehead atoms. The second-order valence-electron chi connectivity index (χ2n) is 6.32. The van der Waals surface area contributed by atoms with Gasteiger partial charge in [-0.3, -0.25) is 19.2 Å². The Morgan fingerprint density at radius 3 is 2.48 bits per heavy atom. The topological polar surface area (TPSA) is 119 Å². The van der Waals surface area contributed by atoms with Crippen LogP contribution in [0.2, 0.25) is 0 Å². The van der Waals surface area contributed by atoms with E-state index in [0.29, 0.717) is 13.0 Å². The first-order valence-electron chi connectivity index (χ1n) is 8.83. The number of nitro benzene ring substituents is 1. The summed E-state index contributed by atoms with van der Waals surface area (Å²) in [6.45, 7) is -0.140. The third-order valence-electron chi connectivity index (χ3n) is 4.14. The van der Waals surface area contributed by atoms with E-state index >= 15 is 0 Å². The minimum atomic E-state index is -3.89. The molecule has 1 N–H and O–H groups in total. The number of carbonyl (C=O) groups is 1. The molecule has 0 aliphatic carbocycles. The molecule has 0 fully saturated rings. The molecule has 0 unspecified atom stereocenters. The van der Waals surface area contributed by atoms with Gasteiger partial charge in [-0.15, -0.1) is 0 Å². The first-order chi connectivity index (χ1) is 13.7. The van der Waals surface area contributed by atoms with E-state index in [9.17, 15) is 23.3 Å². The molecule has 29 heavy (non-hydrogen) atoms. The van der Waals surface area contributed by atoms with E-state index in [4.69, 9.17) is 4.74 Å². The number of nitrogens with one attached hydrogen (secondary N) is 1. The minimum absolute atomic E-state index is 0.0661. The molecule has 0 saturated heterocycles. The van der Waals surface area contributed by atoms with E-state index < -0.39 is 27.4 Å². The van der Waals surface area contributed by atoms with Crippen LogP contribution in [0.1, 0.15) is 12.0 Å². The van der Waals surface area contributed by atoms with Gasteiger partial charge in [0, 0.05) is 18.7 Å². The predicted octanol–water partition coefficient (Wildman–Crippen LogP) is 2.12. The molecule has 2 aromatic carbocycles. The van der Waals surface area contributed by atoms with Crippen LogP contribution in [0.15, 0.2) is 48.5 Å². The van der Waals surface area contributed by atoms with Crippen molar-refractivity contribution >= 4 is 27.3 Å². The maximum atomic E-state index is 12.3. The number of carbonyl (C=O) groups excluding carboxylic acids is 1. The number of non-ortho nitro benzene ring substituents is 1. The summed E-state index contributed by atoms with van der Waals surface area (Å²) >= 11 is 0. The van der Waals surface area contributed by atoms with Crippen LogP contribution in [0.5, 0.6) is 5.75 Å². The highest BCUT2D eigenvalue weighted by Crippen LogP contribution is 2.33. The van der Waals surface area contributed by atoms with E-state index in [0.717, 1.165) is 28.6 Å². The summed E-state index contributed by atoms with van der Waals surface area (Å²) in [5.74, 6) is -0.407. The number of amides is 1. The van der Waals surface area contributed by atoms with Crippen molar-refractivity contribution < 1.29 is 22.9 Å². The van der Waals surface area contributed by atoms with Gasteiger partial charge in [0.2, 0.25) is 15.9 Å². The number of nitrogens with zero attached hydrogens (tertiary/aromatic N) is 2. The van der Waals surface area contributed by atoms with Gasteiger partial charge in [-0.25, -0.2) is 8.42 Å². The fraction of sp³-hybridized carbons (Fsp3) is 0.316. The lowest BCUT2D eigenvalue weighted by molar-refractivity contribution is -0.384. The summed E-state index contributed by atoms with van der Waals surface area (Å²) in [6.07, 6.45) is 2.39. The average Bonchev–Trinajstić information content (AvgIpc) is 2.69. The van der Waals surface area contributed by atoms with Crippen LogP contribution in [-0.4, -0.2) is 45.7 Å². The van der Waals surface area contributed by atoms with Gasteiger partial charge < -0.3 is 10.1 Å². The smallest absolute Gasteiger partial charge is 0.271 e. The zero-order valence-corrected chi connectivity index (χ0v) is 17.0. The first-order valence-corrected chi connectivity index (χ1v) is 10.7. The zero-order chi connectivity index (χ0) is 21.4. The van der Waals surface area contributed by atoms with E-state index in [2.05, 4.69) is 5.32 Å². The molecule has 156 valence electrons. The molecule has 0 heterocycles. The van der Waals surface area contributed by atoms with E-state index in [1.807, 2.05) is 30.3 Å². The van der Waals surface area contributed by atoms with Gasteiger partial charge in [0.1, 0.15) is 18.0 Å². The van der Waals surface area contributed by atoms with Crippen molar-refractivity contribution in [3.8, 4) is 5.75 Å². The second-order valence-corrected chi connectivity index (χ2v) is 8.23. The quantitative estimate of drug-likeness (QED) is 0.357. The predicted molar refractivity (Wildman–Crippen MR) is 110 cm³/mol. The first kappa shape index (κ1) is 22.2.